The van der Waals surface area contributed by atoms with Crippen LogP contribution in [0.15, 0.2) is 60.8 Å². The summed E-state index contributed by atoms with van der Waals surface area (Å²) in [4.78, 5) is 15.5. The highest BCUT2D eigenvalue weighted by molar-refractivity contribution is 7.96. The van der Waals surface area contributed by atoms with Gasteiger partial charge in [0.15, 0.2) is 0 Å². The molecule has 1 atom stereocenters. The number of piperidine rings is 1. The lowest BCUT2D eigenvalue weighted by molar-refractivity contribution is -0.128. The molecule has 2 aromatic carbocycles. The second-order valence-electron chi connectivity index (χ2n) is 12.2. The Morgan fingerprint density at radius 2 is 1.71 bits per heavy atom. The normalized spacial score (nSPS) is 18.2. The lowest BCUT2D eigenvalue weighted by Gasteiger charge is -2.29. The summed E-state index contributed by atoms with van der Waals surface area (Å²) >= 11 is 0. The third kappa shape index (κ3) is 7.69. The maximum atomic E-state index is 13.8. The van der Waals surface area contributed by atoms with Crippen molar-refractivity contribution in [2.45, 2.75) is 70.5 Å². The largest absolute Gasteiger partial charge is 0.339 e. The number of nitrogens with zero attached hydrogens (tertiary/aromatic N) is 3. The van der Waals surface area contributed by atoms with Crippen molar-refractivity contribution in [3.63, 3.8) is 0 Å². The number of halogens is 2. The third-order valence-corrected chi connectivity index (χ3v) is 10.7. The van der Waals surface area contributed by atoms with Crippen LogP contribution in [0.25, 0.3) is 28.2 Å². The quantitative estimate of drug-likeness (QED) is 0.296. The highest BCUT2D eigenvalue weighted by Crippen LogP contribution is 2.46. The number of rotatable bonds is 5. The minimum Gasteiger partial charge on any atom is -0.339 e. The summed E-state index contributed by atoms with van der Waals surface area (Å²) < 4.78 is 40.8. The number of fused-ring (bicyclic) bond motifs is 5. The highest BCUT2D eigenvalue weighted by Gasteiger charge is 2.31. The lowest BCUT2D eigenvalue weighted by atomic mass is 9.81. The van der Waals surface area contributed by atoms with Crippen molar-refractivity contribution in [3.05, 3.63) is 77.5 Å². The van der Waals surface area contributed by atoms with Crippen LogP contribution in [-0.4, -0.2) is 70.3 Å². The van der Waals surface area contributed by atoms with E-state index in [1.165, 1.54) is 75.9 Å². The van der Waals surface area contributed by atoms with Gasteiger partial charge in [-0.15, -0.1) is 0 Å². The van der Waals surface area contributed by atoms with Gasteiger partial charge >= 0.3 is 0 Å². The molecule has 1 unspecified atom stereocenters. The zero-order valence-electron chi connectivity index (χ0n) is 27.2. The fourth-order valence-electron chi connectivity index (χ4n) is 6.61. The monoisotopic (exact) mass is 638 g/mol. The van der Waals surface area contributed by atoms with E-state index < -0.39 is 16.1 Å². The first-order chi connectivity index (χ1) is 21.6. The minimum atomic E-state index is -2.28. The van der Waals surface area contributed by atoms with Crippen molar-refractivity contribution in [3.8, 4) is 11.3 Å². The van der Waals surface area contributed by atoms with Crippen molar-refractivity contribution in [1.29, 1.82) is 0 Å². The van der Waals surface area contributed by atoms with E-state index >= 15 is 0 Å². The number of benzene rings is 2. The number of alkyl halides is 2. The van der Waals surface area contributed by atoms with Gasteiger partial charge < -0.3 is 14.2 Å². The number of hydrogen-bond acceptors (Lipinski definition) is 2. The Morgan fingerprint density at radius 3 is 2.33 bits per heavy atom. The molecule has 9 heteroatoms. The van der Waals surface area contributed by atoms with Crippen LogP contribution in [0.1, 0.15) is 67.6 Å². The maximum absolute atomic E-state index is 13.8. The fraction of sp³-hybridized carbons (Fsp3) is 0.444. The molecule has 1 N–H and O–H groups in total. The van der Waals surface area contributed by atoms with E-state index in [9.17, 15) is 17.8 Å². The molecule has 0 radical (unpaired) electrons. The molecule has 3 heterocycles. The Hall–Kier alpha value is -3.43. The molecule has 0 spiro atoms. The van der Waals surface area contributed by atoms with E-state index in [0.717, 1.165) is 11.1 Å². The standard InChI is InChI=1S/C30H33FN2O.C5H12N2OS.CH3F/c1-20-11-12-26-27(17-20)33-19-23(30(34)32-15-13-24(31)14-16-32)18-22-9-5-6-10-25(22)29(33)28(26)21-7-3-2-4-8-21;1-5-6-9(4,8)7(2)3;1-2/h5-6,9-12,17-18,21,24H,2-4,7-8,13-16,19H2,1H3;5H,1,4H2,2-3H3,(H,6,8);1H3. The van der Waals surface area contributed by atoms with E-state index in [4.69, 9.17) is 0 Å². The molecular weight excluding hydrogens is 590 g/mol. The molecule has 1 saturated carbocycles. The summed E-state index contributed by atoms with van der Waals surface area (Å²) in [5.74, 6) is 4.05. The van der Waals surface area contributed by atoms with Gasteiger partial charge in [0.25, 0.3) is 5.91 Å². The van der Waals surface area contributed by atoms with Gasteiger partial charge in [-0.1, -0.05) is 62.2 Å². The van der Waals surface area contributed by atoms with Crippen LogP contribution >= 0.6 is 0 Å². The van der Waals surface area contributed by atoms with Gasteiger partial charge in [-0.25, -0.2) is 12.9 Å². The Bertz CT molecular complexity index is 1630. The summed E-state index contributed by atoms with van der Waals surface area (Å²) in [5.41, 5.74) is 8.38. The molecule has 3 aliphatic rings. The second-order valence-corrected chi connectivity index (χ2v) is 14.4. The number of hydrogen-bond donors (Lipinski definition) is 1. The van der Waals surface area contributed by atoms with E-state index in [2.05, 4.69) is 77.2 Å². The molecule has 0 bridgehead atoms. The van der Waals surface area contributed by atoms with E-state index in [0.29, 0.717) is 45.6 Å². The first-order valence-corrected chi connectivity index (χ1v) is 17.5. The zero-order valence-corrected chi connectivity index (χ0v) is 28.0. The molecule has 2 fully saturated rings. The Morgan fingerprint density at radius 1 is 1.04 bits per heavy atom. The smallest absolute Gasteiger partial charge is 0.251 e. The molecule has 1 saturated heterocycles. The van der Waals surface area contributed by atoms with Crippen molar-refractivity contribution in [1.82, 2.24) is 18.5 Å². The number of amides is 1. The number of aromatic nitrogens is 1. The van der Waals surface area contributed by atoms with Crippen LogP contribution in [0.4, 0.5) is 8.78 Å². The predicted molar refractivity (Wildman–Crippen MR) is 186 cm³/mol. The van der Waals surface area contributed by atoms with Crippen LogP contribution in [-0.2, 0) is 21.2 Å². The Labute approximate surface area is 268 Å². The highest BCUT2D eigenvalue weighted by atomic mass is 32.2. The van der Waals surface area contributed by atoms with E-state index in [1.807, 2.05) is 4.90 Å². The van der Waals surface area contributed by atoms with Crippen LogP contribution < -0.4 is 4.72 Å². The van der Waals surface area contributed by atoms with Crippen LogP contribution in [0, 0.1) is 6.92 Å². The summed E-state index contributed by atoms with van der Waals surface area (Å²) in [6, 6.07) is 15.4. The molecule has 45 heavy (non-hydrogen) atoms. The topological polar surface area (TPSA) is 57.6 Å². The summed E-state index contributed by atoms with van der Waals surface area (Å²) in [6.07, 6.45) is 9.95. The number of carbonyl (C=O) groups is 1. The predicted octanol–water partition coefficient (Wildman–Crippen LogP) is 7.44. The first kappa shape index (κ1) is 34.4. The Kier molecular flexibility index (Phi) is 11.7. The van der Waals surface area contributed by atoms with Gasteiger partial charge in [-0.2, -0.15) is 0 Å². The Balaban J connectivity index is 0.000000364. The van der Waals surface area contributed by atoms with Crippen molar-refractivity contribution >= 4 is 38.7 Å². The molecule has 1 aromatic heterocycles. The van der Waals surface area contributed by atoms with Gasteiger partial charge in [0.05, 0.1) is 19.4 Å². The van der Waals surface area contributed by atoms with Gasteiger partial charge in [0.2, 0.25) is 0 Å². The van der Waals surface area contributed by atoms with Gasteiger partial charge in [-0.05, 0) is 73.2 Å². The summed E-state index contributed by atoms with van der Waals surface area (Å²) in [7, 11) is 1.59. The average Bonchev–Trinajstić information content (AvgIpc) is 3.24. The number of aryl methyl sites for hydroxylation is 1. The average molecular weight is 639 g/mol. The third-order valence-electron chi connectivity index (χ3n) is 8.99. The van der Waals surface area contributed by atoms with Crippen molar-refractivity contribution in [2.75, 3.05) is 34.4 Å². The number of nitrogens with one attached hydrogen (secondary N) is 1. The maximum Gasteiger partial charge on any atom is 0.251 e. The molecule has 6 nitrogen and oxygen atoms in total. The van der Waals surface area contributed by atoms with E-state index in [-0.39, 0.29) is 5.91 Å². The molecule has 244 valence electrons. The van der Waals surface area contributed by atoms with Gasteiger partial charge in [0.1, 0.15) is 16.1 Å². The first-order valence-electron chi connectivity index (χ1n) is 15.8. The number of likely N-dealkylation sites (tertiary alicyclic amines) is 1. The zero-order chi connectivity index (χ0) is 32.7. The molecule has 1 aliphatic carbocycles. The van der Waals surface area contributed by atoms with Crippen molar-refractivity contribution < 1.29 is 17.8 Å². The summed E-state index contributed by atoms with van der Waals surface area (Å²) in [5, 5.41) is 1.34. The fourth-order valence-corrected chi connectivity index (χ4v) is 7.08. The minimum absolute atomic E-state index is 0.0586. The molecule has 2 aliphatic heterocycles. The molecule has 3 aromatic rings. The van der Waals surface area contributed by atoms with Crippen molar-refractivity contribution in [2.24, 2.45) is 0 Å². The van der Waals surface area contributed by atoms with Crippen LogP contribution in [0.2, 0.25) is 0 Å². The molecule has 6 rings (SSSR count). The van der Waals surface area contributed by atoms with Crippen LogP contribution in [0.3, 0.4) is 0 Å². The van der Waals surface area contributed by atoms with Gasteiger partial charge in [-0.3, -0.25) is 9.18 Å². The molecule has 1 amide bonds. The second kappa shape index (κ2) is 15.2. The number of carbonyl (C=O) groups excluding carboxylic acids is 1. The van der Waals surface area contributed by atoms with Crippen LogP contribution in [0.5, 0.6) is 0 Å². The van der Waals surface area contributed by atoms with E-state index in [1.54, 1.807) is 14.1 Å². The summed E-state index contributed by atoms with van der Waals surface area (Å²) in [6.45, 7) is 7.09. The SMILES string of the molecule is C=CNS(=C)(=O)N(C)C.CF.Cc1ccc2c(C3CCCCC3)c3n(c2c1)CC(C(=O)N1CCC(F)CC1)=Cc1ccccc1-3. The lowest BCUT2D eigenvalue weighted by Crippen LogP contribution is -2.40. The molecular formula is C36H48F2N4O2S. The van der Waals surface area contributed by atoms with Gasteiger partial charge in [0, 0.05) is 55.4 Å².